The Hall–Kier alpha value is -0.990. The molecule has 0 spiro atoms. The average Bonchev–Trinajstić information content (AvgIpc) is 1.72. The van der Waals surface area contributed by atoms with E-state index in [-0.39, 0.29) is 0 Å². The van der Waals surface area contributed by atoms with Gasteiger partial charge in [-0.25, -0.2) is 0 Å². The molecule has 0 atom stereocenters. The van der Waals surface area contributed by atoms with E-state index in [4.69, 9.17) is 0 Å². The summed E-state index contributed by atoms with van der Waals surface area (Å²) in [7, 11) is 0. The summed E-state index contributed by atoms with van der Waals surface area (Å²) in [6.07, 6.45) is 4.80. The van der Waals surface area contributed by atoms with E-state index in [9.17, 15) is 0 Å². The Morgan fingerprint density at radius 1 is 1.67 bits per heavy atom. The fourth-order valence-electron chi connectivity index (χ4n) is 0.209. The average molecular weight is 84.1 g/mol. The summed E-state index contributed by atoms with van der Waals surface area (Å²) in [5, 5.41) is 3.49. The zero-order valence-corrected chi connectivity index (χ0v) is 3.09. The monoisotopic (exact) mass is 84.0 g/mol. The Bertz CT molecular complexity index is 74.8. The van der Waals surface area contributed by atoms with Gasteiger partial charge in [0.2, 0.25) is 0 Å². The summed E-state index contributed by atoms with van der Waals surface area (Å²) in [6.45, 7) is 0. The topological polar surface area (TPSA) is 33.6 Å². The molecule has 1 rings (SSSR count). The molecule has 0 radical (unpaired) electrons. The molecule has 0 saturated heterocycles. The van der Waals surface area contributed by atoms with E-state index in [1.54, 1.807) is 12.3 Å². The lowest BCUT2D eigenvalue weighted by Gasteiger charge is -1.96. The zero-order chi connectivity index (χ0) is 4.24. The number of hydrogen-bond donors (Lipinski definition) is 1. The molecule has 0 fully saturated rings. The third kappa shape index (κ3) is 0.484. The van der Waals surface area contributed by atoms with Crippen LogP contribution in [0.1, 0.15) is 0 Å². The molecular formula is C3H4N2O. The highest BCUT2D eigenvalue weighted by Gasteiger charge is 1.73. The van der Waals surface area contributed by atoms with Gasteiger partial charge in [0.1, 0.15) is 6.26 Å². The summed E-state index contributed by atoms with van der Waals surface area (Å²) in [6, 6.07) is 0. The molecule has 1 heterocycles. The van der Waals surface area contributed by atoms with Crippen molar-refractivity contribution < 1.29 is 4.84 Å². The summed E-state index contributed by atoms with van der Waals surface area (Å²) in [5.74, 6) is 0. The van der Waals surface area contributed by atoms with Crippen LogP contribution in [-0.4, -0.2) is 6.21 Å². The van der Waals surface area contributed by atoms with Crippen molar-refractivity contribution >= 4 is 6.21 Å². The maximum absolute atomic E-state index is 4.44. The lowest BCUT2D eigenvalue weighted by Crippen LogP contribution is -2.03. The van der Waals surface area contributed by atoms with Gasteiger partial charge in [-0.2, -0.15) is 5.10 Å². The van der Waals surface area contributed by atoms with E-state index in [1.807, 2.05) is 0 Å². The van der Waals surface area contributed by atoms with E-state index in [0.717, 1.165) is 0 Å². The van der Waals surface area contributed by atoms with Gasteiger partial charge >= 0.3 is 0 Å². The van der Waals surface area contributed by atoms with Crippen molar-refractivity contribution in [3.05, 3.63) is 12.3 Å². The van der Waals surface area contributed by atoms with Gasteiger partial charge in [0.05, 0.1) is 6.21 Å². The van der Waals surface area contributed by atoms with Crippen LogP contribution in [0.5, 0.6) is 0 Å². The first kappa shape index (κ1) is 3.21. The van der Waals surface area contributed by atoms with Crippen molar-refractivity contribution in [1.82, 2.24) is 5.59 Å². The fraction of sp³-hybridized carbons (Fsp3) is 0. The van der Waals surface area contributed by atoms with Gasteiger partial charge in [0.15, 0.2) is 0 Å². The second-order valence-electron chi connectivity index (χ2n) is 0.816. The van der Waals surface area contributed by atoms with Gasteiger partial charge < -0.3 is 4.84 Å². The highest BCUT2D eigenvalue weighted by molar-refractivity contribution is 5.70. The second kappa shape index (κ2) is 1.45. The van der Waals surface area contributed by atoms with Crippen LogP contribution in [0.4, 0.5) is 0 Å². The number of hydrogen-bond acceptors (Lipinski definition) is 3. The van der Waals surface area contributed by atoms with E-state index in [1.165, 1.54) is 6.26 Å². The molecule has 0 aliphatic carbocycles. The summed E-state index contributed by atoms with van der Waals surface area (Å²) in [4.78, 5) is 4.44. The quantitative estimate of drug-likeness (QED) is 0.449. The van der Waals surface area contributed by atoms with Gasteiger partial charge in [-0.15, -0.1) is 5.59 Å². The van der Waals surface area contributed by atoms with E-state index >= 15 is 0 Å². The van der Waals surface area contributed by atoms with Crippen LogP contribution >= 0.6 is 0 Å². The minimum absolute atomic E-state index is 1.51. The molecule has 0 aromatic heterocycles. The summed E-state index contributed by atoms with van der Waals surface area (Å²) >= 11 is 0. The van der Waals surface area contributed by atoms with Crippen molar-refractivity contribution in [2.45, 2.75) is 0 Å². The number of allylic oxidation sites excluding steroid dienone is 1. The molecule has 0 bridgehead atoms. The molecular weight excluding hydrogens is 80.0 g/mol. The standard InChI is InChI=1S/C3H4N2O/c1-2-4-5-6-3-1/h1-3,5H. The molecule has 32 valence electrons. The third-order valence-electron chi connectivity index (χ3n) is 0.413. The predicted molar refractivity (Wildman–Crippen MR) is 21.9 cm³/mol. The molecule has 1 aliphatic heterocycles. The van der Waals surface area contributed by atoms with Crippen LogP contribution in [0, 0.1) is 0 Å². The molecule has 6 heavy (non-hydrogen) atoms. The highest BCUT2D eigenvalue weighted by Crippen LogP contribution is 1.74. The first-order chi connectivity index (χ1) is 3.00. The van der Waals surface area contributed by atoms with Crippen molar-refractivity contribution in [1.29, 1.82) is 0 Å². The van der Waals surface area contributed by atoms with E-state index in [2.05, 4.69) is 15.5 Å². The first-order valence-electron chi connectivity index (χ1n) is 1.59. The van der Waals surface area contributed by atoms with Gasteiger partial charge in [0.25, 0.3) is 0 Å². The Morgan fingerprint density at radius 3 is 2.83 bits per heavy atom. The van der Waals surface area contributed by atoms with Gasteiger partial charge in [0, 0.05) is 0 Å². The normalized spacial score (nSPS) is 16.0. The minimum Gasteiger partial charge on any atom is -0.373 e. The van der Waals surface area contributed by atoms with Crippen LogP contribution in [0.3, 0.4) is 0 Å². The predicted octanol–water partition coefficient (Wildman–Crippen LogP) is 0.0207. The number of nitrogens with zero attached hydrogens (tertiary/aromatic N) is 1. The summed E-state index contributed by atoms with van der Waals surface area (Å²) in [5.41, 5.74) is 2.27. The molecule has 1 aliphatic rings. The maximum Gasteiger partial charge on any atom is 0.122 e. The van der Waals surface area contributed by atoms with Crippen LogP contribution in [0.25, 0.3) is 0 Å². The third-order valence-corrected chi connectivity index (χ3v) is 0.413. The number of nitrogens with one attached hydrogen (secondary N) is 1. The van der Waals surface area contributed by atoms with Gasteiger partial charge in [-0.05, 0) is 6.08 Å². The SMILES string of the molecule is C1=CONN=C1. The molecule has 0 unspecified atom stereocenters. The smallest absolute Gasteiger partial charge is 0.122 e. The van der Waals surface area contributed by atoms with Crippen LogP contribution in [0.15, 0.2) is 17.4 Å². The Labute approximate surface area is 35.3 Å². The summed E-state index contributed by atoms with van der Waals surface area (Å²) < 4.78 is 0. The lowest BCUT2D eigenvalue weighted by molar-refractivity contribution is 0.136. The highest BCUT2D eigenvalue weighted by atomic mass is 16.7. The molecule has 0 aromatic carbocycles. The number of hydrazone groups is 1. The Morgan fingerprint density at radius 2 is 2.67 bits per heavy atom. The lowest BCUT2D eigenvalue weighted by atomic mass is 10.7. The fourth-order valence-corrected chi connectivity index (χ4v) is 0.209. The van der Waals surface area contributed by atoms with Crippen LogP contribution in [0.2, 0.25) is 0 Å². The Balaban J connectivity index is 2.46. The molecule has 0 amide bonds. The molecule has 1 N–H and O–H groups in total. The van der Waals surface area contributed by atoms with Gasteiger partial charge in [-0.1, -0.05) is 0 Å². The van der Waals surface area contributed by atoms with E-state index in [0.29, 0.717) is 0 Å². The maximum atomic E-state index is 4.44. The molecule has 0 saturated carbocycles. The van der Waals surface area contributed by atoms with E-state index < -0.39 is 0 Å². The van der Waals surface area contributed by atoms with Gasteiger partial charge in [-0.3, -0.25) is 0 Å². The van der Waals surface area contributed by atoms with Crippen molar-refractivity contribution in [3.63, 3.8) is 0 Å². The largest absolute Gasteiger partial charge is 0.373 e. The molecule has 0 aromatic rings. The second-order valence-corrected chi connectivity index (χ2v) is 0.816. The molecule has 3 nitrogen and oxygen atoms in total. The Kier molecular flexibility index (Phi) is 0.774. The van der Waals surface area contributed by atoms with Crippen molar-refractivity contribution in [2.75, 3.05) is 0 Å². The van der Waals surface area contributed by atoms with Crippen LogP contribution in [-0.2, 0) is 4.84 Å². The minimum atomic E-state index is 1.51. The van der Waals surface area contributed by atoms with Crippen LogP contribution < -0.4 is 5.59 Å². The zero-order valence-electron chi connectivity index (χ0n) is 3.09. The first-order valence-corrected chi connectivity index (χ1v) is 1.59. The van der Waals surface area contributed by atoms with Crippen molar-refractivity contribution in [2.24, 2.45) is 5.10 Å². The molecule has 3 heteroatoms. The van der Waals surface area contributed by atoms with Crippen molar-refractivity contribution in [3.8, 4) is 0 Å². The number of rotatable bonds is 0.